The predicted molar refractivity (Wildman–Crippen MR) is 109 cm³/mol. The van der Waals surface area contributed by atoms with Crippen molar-refractivity contribution in [2.24, 2.45) is 4.99 Å². The second kappa shape index (κ2) is 9.45. The van der Waals surface area contributed by atoms with E-state index in [1.165, 1.54) is 11.1 Å². The molecule has 1 atom stereocenters. The Bertz CT molecular complexity index is 721. The quantitative estimate of drug-likeness (QED) is 0.634. The van der Waals surface area contributed by atoms with Crippen LogP contribution in [-0.4, -0.2) is 70.5 Å². The molecule has 152 valence electrons. The molecule has 1 unspecified atom stereocenters. The van der Waals surface area contributed by atoms with Crippen LogP contribution < -0.4 is 0 Å². The van der Waals surface area contributed by atoms with Crippen LogP contribution in [0.5, 0.6) is 0 Å². The van der Waals surface area contributed by atoms with Crippen molar-refractivity contribution in [3.8, 4) is 0 Å². The summed E-state index contributed by atoms with van der Waals surface area (Å²) < 4.78 is 10.8. The number of morpholine rings is 1. The summed E-state index contributed by atoms with van der Waals surface area (Å²) in [5.74, 6) is 0.134. The highest BCUT2D eigenvalue weighted by Crippen LogP contribution is 2.16. The number of pyridine rings is 1. The van der Waals surface area contributed by atoms with Crippen molar-refractivity contribution < 1.29 is 14.3 Å². The largest absolute Gasteiger partial charge is 0.443 e. The molecule has 8 nitrogen and oxygen atoms in total. The zero-order valence-electron chi connectivity index (χ0n) is 17.0. The Balaban J connectivity index is 2.34. The molecule has 1 aliphatic rings. The Morgan fingerprint density at radius 1 is 1.39 bits per heavy atom. The van der Waals surface area contributed by atoms with Crippen LogP contribution in [0.3, 0.4) is 0 Å². The van der Waals surface area contributed by atoms with Crippen molar-refractivity contribution in [3.05, 3.63) is 42.9 Å². The Morgan fingerprint density at radius 3 is 2.54 bits per heavy atom. The molecule has 2 rings (SSSR count). The van der Waals surface area contributed by atoms with Crippen LogP contribution >= 0.6 is 0 Å². The van der Waals surface area contributed by atoms with E-state index in [9.17, 15) is 4.79 Å². The number of carbonyl (C=O) groups excluding carboxylic acids is 1. The average Bonchev–Trinajstić information content (AvgIpc) is 2.66. The number of nitrogens with zero attached hydrogens (tertiary/aromatic N) is 4. The smallest absolute Gasteiger partial charge is 0.414 e. The van der Waals surface area contributed by atoms with Crippen LogP contribution in [0.1, 0.15) is 33.3 Å². The lowest BCUT2D eigenvalue weighted by Crippen LogP contribution is -2.44. The van der Waals surface area contributed by atoms with Gasteiger partial charge >= 0.3 is 6.09 Å². The van der Waals surface area contributed by atoms with Gasteiger partial charge in [-0.05, 0) is 39.8 Å². The maximum Gasteiger partial charge on any atom is 0.414 e. The Kier molecular flexibility index (Phi) is 7.28. The zero-order chi connectivity index (χ0) is 20.7. The summed E-state index contributed by atoms with van der Waals surface area (Å²) >= 11 is 0. The van der Waals surface area contributed by atoms with Gasteiger partial charge in [0.15, 0.2) is 0 Å². The summed E-state index contributed by atoms with van der Waals surface area (Å²) in [5.41, 5.74) is 0.701. The van der Waals surface area contributed by atoms with Gasteiger partial charge in [0.05, 0.1) is 25.0 Å². The molecule has 1 aliphatic heterocycles. The number of guanidine groups is 1. The van der Waals surface area contributed by atoms with E-state index in [1.807, 2.05) is 32.6 Å². The fraction of sp³-hybridized carbons (Fsp3) is 0.500. The van der Waals surface area contributed by atoms with E-state index in [0.717, 1.165) is 5.56 Å². The third kappa shape index (κ3) is 5.88. The molecule has 0 bridgehead atoms. The van der Waals surface area contributed by atoms with Crippen LogP contribution in [0, 0.1) is 5.41 Å². The maximum absolute atomic E-state index is 12.6. The first kappa shape index (κ1) is 21.6. The van der Waals surface area contributed by atoms with E-state index in [2.05, 4.69) is 16.6 Å². The molecule has 28 heavy (non-hydrogen) atoms. The van der Waals surface area contributed by atoms with Crippen LogP contribution in [0.25, 0.3) is 0 Å². The molecule has 0 saturated carbocycles. The van der Waals surface area contributed by atoms with E-state index < -0.39 is 17.7 Å². The number of amides is 1. The number of aliphatic imine (C=N–C) groups is 1. The van der Waals surface area contributed by atoms with Gasteiger partial charge in [0, 0.05) is 37.2 Å². The maximum atomic E-state index is 12.6. The third-order valence-corrected chi connectivity index (χ3v) is 4.13. The van der Waals surface area contributed by atoms with Gasteiger partial charge in [0.25, 0.3) is 0 Å². The molecule has 0 aliphatic carbocycles. The first-order valence-electron chi connectivity index (χ1n) is 9.27. The number of hydrogen-bond acceptors (Lipinski definition) is 5. The van der Waals surface area contributed by atoms with Gasteiger partial charge in [-0.2, -0.15) is 0 Å². The molecule has 1 fully saturated rings. The van der Waals surface area contributed by atoms with Crippen LogP contribution in [0.15, 0.2) is 42.3 Å². The highest BCUT2D eigenvalue weighted by molar-refractivity contribution is 6.10. The molecule has 0 aromatic carbocycles. The van der Waals surface area contributed by atoms with Gasteiger partial charge in [-0.25, -0.2) is 9.79 Å². The molecule has 8 heteroatoms. The van der Waals surface area contributed by atoms with E-state index in [1.54, 1.807) is 24.5 Å². The topological polar surface area (TPSA) is 91.1 Å². The summed E-state index contributed by atoms with van der Waals surface area (Å²) in [6, 6.07) is 3.12. The van der Waals surface area contributed by atoms with Crippen molar-refractivity contribution >= 4 is 17.8 Å². The fourth-order valence-corrected chi connectivity index (χ4v) is 2.72. The first-order valence-corrected chi connectivity index (χ1v) is 9.27. The second-order valence-corrected chi connectivity index (χ2v) is 7.40. The lowest BCUT2D eigenvalue weighted by Gasteiger charge is -2.31. The number of hydrogen-bond donors (Lipinski definition) is 1. The molecule has 0 radical (unpaired) electrons. The number of nitrogens with one attached hydrogen (secondary N) is 1. The normalized spacial score (nSPS) is 16.3. The van der Waals surface area contributed by atoms with E-state index in [4.69, 9.17) is 14.9 Å². The molecule has 1 N–H and O–H groups in total. The summed E-state index contributed by atoms with van der Waals surface area (Å²) in [6.07, 6.45) is 4.21. The molecule has 1 aromatic heterocycles. The van der Waals surface area contributed by atoms with Crippen molar-refractivity contribution in [1.29, 1.82) is 5.41 Å². The minimum absolute atomic E-state index is 0.134. The van der Waals surface area contributed by atoms with Gasteiger partial charge in [-0.15, -0.1) is 0 Å². The summed E-state index contributed by atoms with van der Waals surface area (Å²) in [7, 11) is 0. The minimum atomic E-state index is -0.632. The summed E-state index contributed by atoms with van der Waals surface area (Å²) in [4.78, 5) is 24.5. The van der Waals surface area contributed by atoms with Crippen molar-refractivity contribution in [1.82, 2.24) is 14.8 Å². The molecule has 1 saturated heterocycles. The van der Waals surface area contributed by atoms with Gasteiger partial charge in [0.1, 0.15) is 5.60 Å². The van der Waals surface area contributed by atoms with Crippen molar-refractivity contribution in [2.75, 3.05) is 26.3 Å². The Morgan fingerprint density at radius 2 is 2.00 bits per heavy atom. The molecule has 1 amide bonds. The zero-order valence-corrected chi connectivity index (χ0v) is 17.0. The predicted octanol–water partition coefficient (Wildman–Crippen LogP) is 2.91. The third-order valence-electron chi connectivity index (χ3n) is 4.13. The van der Waals surface area contributed by atoms with Gasteiger partial charge < -0.3 is 14.4 Å². The van der Waals surface area contributed by atoms with Crippen molar-refractivity contribution in [2.45, 2.75) is 39.3 Å². The van der Waals surface area contributed by atoms with Gasteiger partial charge in [-0.1, -0.05) is 6.58 Å². The summed E-state index contributed by atoms with van der Waals surface area (Å²) in [5, 5.41) is 8.41. The minimum Gasteiger partial charge on any atom is -0.443 e. The number of ether oxygens (including phenoxy) is 2. The van der Waals surface area contributed by atoms with Crippen molar-refractivity contribution in [3.63, 3.8) is 0 Å². The Labute approximate surface area is 166 Å². The Hall–Kier alpha value is -2.74. The molecule has 0 spiro atoms. The van der Waals surface area contributed by atoms with Crippen LogP contribution in [-0.2, 0) is 9.47 Å². The van der Waals surface area contributed by atoms with Gasteiger partial charge in [-0.3, -0.25) is 15.3 Å². The first-order chi connectivity index (χ1) is 13.2. The van der Waals surface area contributed by atoms with E-state index >= 15 is 0 Å². The van der Waals surface area contributed by atoms with E-state index in [-0.39, 0.29) is 5.96 Å². The monoisotopic (exact) mass is 387 g/mol. The fourth-order valence-electron chi connectivity index (χ4n) is 2.72. The number of aromatic nitrogens is 1. The van der Waals surface area contributed by atoms with Gasteiger partial charge in [0.2, 0.25) is 5.96 Å². The molecular formula is C20H29N5O3. The van der Waals surface area contributed by atoms with Crippen LogP contribution in [0.4, 0.5) is 4.79 Å². The van der Waals surface area contributed by atoms with E-state index in [0.29, 0.717) is 32.0 Å². The highest BCUT2D eigenvalue weighted by Gasteiger charge is 2.28. The average molecular weight is 387 g/mol. The highest BCUT2D eigenvalue weighted by atomic mass is 16.6. The lowest BCUT2D eigenvalue weighted by atomic mass is 10.0. The number of carbonyl (C=O) groups is 1. The molecule has 2 heterocycles. The SMILES string of the molecule is C=CN(C(=O)OC(C)(C)C)C(C)/C(=N\C(=N)N1CCOCC1)c1ccncc1. The van der Waals surface area contributed by atoms with Crippen LogP contribution in [0.2, 0.25) is 0 Å². The number of rotatable bonds is 4. The summed E-state index contributed by atoms with van der Waals surface area (Å²) in [6.45, 7) is 13.4. The molecular weight excluding hydrogens is 358 g/mol. The standard InChI is InChI=1S/C20H29N5O3/c1-6-25(19(26)28-20(3,4)5)15(2)17(16-7-9-22-10-8-16)23-18(21)24-11-13-27-14-12-24/h6-10,15,21H,1,11-14H2,2-5H3/b21-18?,23-17+. The second-order valence-electron chi connectivity index (χ2n) is 7.40. The molecule has 1 aromatic rings. The lowest BCUT2D eigenvalue weighted by molar-refractivity contribution is 0.0317.